The molecule has 0 radical (unpaired) electrons. The summed E-state index contributed by atoms with van der Waals surface area (Å²) in [6.45, 7) is 0.696. The average molecular weight is 472 g/mol. The maximum atomic E-state index is 13.1. The fraction of sp³-hybridized carbons (Fsp3) is 0.440. The fourth-order valence-corrected chi connectivity index (χ4v) is 3.89. The molecule has 2 atom stereocenters. The van der Waals surface area contributed by atoms with Gasteiger partial charge < -0.3 is 25.3 Å². The maximum absolute atomic E-state index is 13.1. The highest BCUT2D eigenvalue weighted by Gasteiger charge is 2.27. The van der Waals surface area contributed by atoms with Crippen LogP contribution in [0.4, 0.5) is 5.69 Å². The quantitative estimate of drug-likeness (QED) is 0.277. The van der Waals surface area contributed by atoms with Crippen LogP contribution in [0.2, 0.25) is 0 Å². The second kappa shape index (κ2) is 12.9. The van der Waals surface area contributed by atoms with E-state index in [4.69, 9.17) is 25.2 Å². The van der Waals surface area contributed by atoms with Gasteiger partial charge in [-0.3, -0.25) is 14.8 Å². The Balaban J connectivity index is 1.76. The predicted octanol–water partition coefficient (Wildman–Crippen LogP) is 2.94. The van der Waals surface area contributed by atoms with E-state index in [1.54, 1.807) is 24.7 Å². The lowest BCUT2D eigenvalue weighted by molar-refractivity contribution is -0.130. The molecule has 0 fully saturated rings. The summed E-state index contributed by atoms with van der Waals surface area (Å²) in [6.07, 6.45) is 2.45. The number of benzene rings is 2. The molecule has 9 heteroatoms. The van der Waals surface area contributed by atoms with E-state index >= 15 is 0 Å². The third-order valence-electron chi connectivity index (χ3n) is 5.67. The number of aryl methyl sites for hydroxylation is 1. The number of carbonyl (C=O) groups is 2. The molecule has 2 aromatic carbocycles. The third kappa shape index (κ3) is 7.44. The lowest BCUT2D eigenvalue weighted by Gasteiger charge is -2.24. The normalized spacial score (nSPS) is 17.4. The summed E-state index contributed by atoms with van der Waals surface area (Å²) in [5.41, 5.74) is 10.6. The largest absolute Gasteiger partial charge is 0.497 e. The number of ether oxygens (including phenoxy) is 3. The first-order chi connectivity index (χ1) is 16.5. The van der Waals surface area contributed by atoms with E-state index in [-0.39, 0.29) is 12.3 Å². The summed E-state index contributed by atoms with van der Waals surface area (Å²) >= 11 is 0. The van der Waals surface area contributed by atoms with E-state index in [0.717, 1.165) is 23.3 Å². The molecule has 0 aliphatic carbocycles. The van der Waals surface area contributed by atoms with Crippen LogP contribution in [0, 0.1) is 0 Å². The molecule has 0 unspecified atom stereocenters. The predicted molar refractivity (Wildman–Crippen MR) is 127 cm³/mol. The average Bonchev–Trinajstić information content (AvgIpc) is 2.85. The van der Waals surface area contributed by atoms with Crippen LogP contribution < -0.4 is 26.0 Å². The van der Waals surface area contributed by atoms with Crippen LogP contribution in [0.15, 0.2) is 42.5 Å². The molecular formula is C25H33N3O6. The van der Waals surface area contributed by atoms with Crippen molar-refractivity contribution < 1.29 is 29.0 Å². The Hall–Kier alpha value is -3.14. The zero-order chi connectivity index (χ0) is 24.3. The molecule has 0 saturated heterocycles. The van der Waals surface area contributed by atoms with Crippen LogP contribution >= 0.6 is 0 Å². The smallest absolute Gasteiger partial charge is 0.255 e. The van der Waals surface area contributed by atoms with Crippen molar-refractivity contribution in [3.05, 3.63) is 53.6 Å². The fourth-order valence-electron chi connectivity index (χ4n) is 3.89. The van der Waals surface area contributed by atoms with Gasteiger partial charge in [0.2, 0.25) is 5.91 Å². The molecule has 34 heavy (non-hydrogen) atoms. The number of hydrogen-bond donors (Lipinski definition) is 4. The van der Waals surface area contributed by atoms with E-state index in [9.17, 15) is 9.59 Å². The molecule has 184 valence electrons. The summed E-state index contributed by atoms with van der Waals surface area (Å²) in [5, 5.41) is 11.5. The van der Waals surface area contributed by atoms with E-state index in [2.05, 4.69) is 11.4 Å². The highest BCUT2D eigenvalue weighted by molar-refractivity contribution is 5.96. The summed E-state index contributed by atoms with van der Waals surface area (Å²) < 4.78 is 17.4. The molecule has 9 nitrogen and oxygen atoms in total. The number of unbranched alkanes of at least 4 members (excludes halogenated alkanes) is 1. The van der Waals surface area contributed by atoms with Gasteiger partial charge in [0.15, 0.2) is 6.10 Å². The van der Waals surface area contributed by atoms with Gasteiger partial charge in [0.1, 0.15) is 18.1 Å². The van der Waals surface area contributed by atoms with Gasteiger partial charge in [-0.05, 0) is 61.1 Å². The molecule has 0 saturated carbocycles. The molecule has 0 aromatic heterocycles. The number of methoxy groups -OCH3 is 1. The second-order valence-electron chi connectivity index (χ2n) is 8.30. The van der Waals surface area contributed by atoms with Gasteiger partial charge in [-0.25, -0.2) is 5.48 Å². The minimum atomic E-state index is -0.858. The lowest BCUT2D eigenvalue weighted by Crippen LogP contribution is -2.45. The summed E-state index contributed by atoms with van der Waals surface area (Å²) in [6, 6.07) is 12.7. The van der Waals surface area contributed by atoms with Crippen LogP contribution in [-0.2, 0) is 27.4 Å². The first-order valence-electron chi connectivity index (χ1n) is 11.5. The van der Waals surface area contributed by atoms with Crippen LogP contribution in [0.1, 0.15) is 43.2 Å². The topological polar surface area (TPSA) is 132 Å². The van der Waals surface area contributed by atoms with Crippen LogP contribution in [0.5, 0.6) is 11.5 Å². The van der Waals surface area contributed by atoms with E-state index in [0.29, 0.717) is 50.3 Å². The van der Waals surface area contributed by atoms with Gasteiger partial charge in [-0.2, -0.15) is 0 Å². The molecule has 2 amide bonds. The van der Waals surface area contributed by atoms with Crippen molar-refractivity contribution >= 4 is 17.5 Å². The van der Waals surface area contributed by atoms with Gasteiger partial charge in [-0.1, -0.05) is 24.6 Å². The van der Waals surface area contributed by atoms with Crippen molar-refractivity contribution in [2.75, 3.05) is 19.0 Å². The van der Waals surface area contributed by atoms with Crippen LogP contribution in [-0.4, -0.2) is 42.9 Å². The molecule has 2 aromatic rings. The lowest BCUT2D eigenvalue weighted by atomic mass is 10.0. The van der Waals surface area contributed by atoms with E-state index < -0.39 is 18.1 Å². The Morgan fingerprint density at radius 2 is 2.06 bits per heavy atom. The molecule has 5 N–H and O–H groups in total. The van der Waals surface area contributed by atoms with Gasteiger partial charge in [0.25, 0.3) is 5.91 Å². The molecule has 1 aliphatic heterocycles. The molecule has 2 bridgehead atoms. The molecule has 1 heterocycles. The Morgan fingerprint density at radius 3 is 2.85 bits per heavy atom. The minimum Gasteiger partial charge on any atom is -0.497 e. The number of nitrogens with two attached hydrogens (primary N) is 1. The van der Waals surface area contributed by atoms with Gasteiger partial charge in [-0.15, -0.1) is 0 Å². The number of amides is 2. The summed E-state index contributed by atoms with van der Waals surface area (Å²) in [7, 11) is 1.64. The number of fused-ring (bicyclic) bond motifs is 3. The zero-order valence-corrected chi connectivity index (χ0v) is 19.4. The SMILES string of the molecule is COc1cc2cc(c1)COc1ccccc1NC(=O)[C@H]([C@H](N)CCCCC(=O)NO)OCCC2. The molecular weight excluding hydrogens is 438 g/mol. The van der Waals surface area contributed by atoms with Crippen LogP contribution in [0.3, 0.4) is 0 Å². The first-order valence-corrected chi connectivity index (χ1v) is 11.5. The summed E-state index contributed by atoms with van der Waals surface area (Å²) in [4.78, 5) is 24.3. The number of rotatable bonds is 7. The number of hydrogen-bond acceptors (Lipinski definition) is 7. The van der Waals surface area contributed by atoms with Crippen molar-refractivity contribution in [2.45, 2.75) is 57.3 Å². The second-order valence-corrected chi connectivity index (χ2v) is 8.30. The van der Waals surface area contributed by atoms with Crippen molar-refractivity contribution in [3.8, 4) is 11.5 Å². The molecule has 0 spiro atoms. The first kappa shape index (κ1) is 25.5. The maximum Gasteiger partial charge on any atom is 0.255 e. The summed E-state index contributed by atoms with van der Waals surface area (Å²) in [5.74, 6) is 0.520. The van der Waals surface area contributed by atoms with Crippen molar-refractivity contribution in [3.63, 3.8) is 0 Å². The standard InChI is InChI=1S/C25H33N3O6/c1-32-19-14-17-7-6-12-33-24(20(26)8-2-5-11-23(29)28-31)25(30)27-21-9-3-4-10-22(21)34-16-18(13-17)15-19/h3-4,9-10,13-15,20,24,31H,2,5-8,11-12,16,26H2,1H3,(H,27,30)(H,28,29)/t20-,24+/m1/s1. The third-order valence-corrected chi connectivity index (χ3v) is 5.67. The Labute approximate surface area is 199 Å². The van der Waals surface area contributed by atoms with Crippen LogP contribution in [0.25, 0.3) is 0 Å². The van der Waals surface area contributed by atoms with E-state index in [1.807, 2.05) is 24.3 Å². The van der Waals surface area contributed by atoms with Crippen molar-refractivity contribution in [1.82, 2.24) is 5.48 Å². The minimum absolute atomic E-state index is 0.189. The van der Waals surface area contributed by atoms with Gasteiger partial charge >= 0.3 is 0 Å². The number of nitrogens with one attached hydrogen (secondary N) is 2. The Morgan fingerprint density at radius 1 is 1.26 bits per heavy atom. The monoisotopic (exact) mass is 471 g/mol. The highest BCUT2D eigenvalue weighted by atomic mass is 16.5. The number of hydroxylamine groups is 1. The van der Waals surface area contributed by atoms with Crippen molar-refractivity contribution in [1.29, 1.82) is 0 Å². The highest BCUT2D eigenvalue weighted by Crippen LogP contribution is 2.27. The number of carbonyl (C=O) groups excluding carboxylic acids is 2. The molecule has 3 rings (SSSR count). The van der Waals surface area contributed by atoms with Gasteiger partial charge in [0, 0.05) is 19.1 Å². The van der Waals surface area contributed by atoms with Gasteiger partial charge in [0.05, 0.1) is 12.8 Å². The zero-order valence-electron chi connectivity index (χ0n) is 19.4. The van der Waals surface area contributed by atoms with Crippen molar-refractivity contribution in [2.24, 2.45) is 5.73 Å². The number of para-hydroxylation sites is 2. The number of anilines is 1. The Kier molecular flexibility index (Phi) is 9.69. The van der Waals surface area contributed by atoms with E-state index in [1.165, 1.54) is 0 Å². The Bertz CT molecular complexity index is 967. The molecule has 1 aliphatic rings.